The molecule has 0 spiro atoms. The van der Waals surface area contributed by atoms with Gasteiger partial charge in [0.25, 0.3) is 0 Å². The van der Waals surface area contributed by atoms with Crippen molar-refractivity contribution in [3.05, 3.63) is 0 Å². The lowest BCUT2D eigenvalue weighted by Crippen LogP contribution is -2.53. The van der Waals surface area contributed by atoms with E-state index in [-0.39, 0.29) is 31.8 Å². The second kappa shape index (κ2) is 15.0. The van der Waals surface area contributed by atoms with Crippen molar-refractivity contribution in [2.75, 3.05) is 13.1 Å². The van der Waals surface area contributed by atoms with Crippen LogP contribution in [0.25, 0.3) is 0 Å². The fourth-order valence-corrected chi connectivity index (χ4v) is 2.42. The number of rotatable bonds is 16. The molecule has 0 radical (unpaired) electrons. The highest BCUT2D eigenvalue weighted by atomic mass is 16.4. The van der Waals surface area contributed by atoms with Gasteiger partial charge in [-0.15, -0.1) is 0 Å². The van der Waals surface area contributed by atoms with Gasteiger partial charge in [-0.25, -0.2) is 4.79 Å². The van der Waals surface area contributed by atoms with E-state index in [9.17, 15) is 28.8 Å². The molecule has 0 fully saturated rings. The Kier molecular flexibility index (Phi) is 13.2. The van der Waals surface area contributed by atoms with Crippen LogP contribution in [-0.4, -0.2) is 77.8 Å². The molecule has 0 bridgehead atoms. The number of nitrogens with zero attached hydrogens (tertiary/aromatic N) is 1. The highest BCUT2D eigenvalue weighted by Crippen LogP contribution is 2.01. The van der Waals surface area contributed by atoms with Crippen LogP contribution in [0.4, 0.5) is 0 Å². The molecule has 0 heterocycles. The van der Waals surface area contributed by atoms with E-state index in [0.717, 1.165) is 0 Å². The number of guanidine groups is 1. The van der Waals surface area contributed by atoms with Gasteiger partial charge in [0.2, 0.25) is 29.5 Å². The fourth-order valence-electron chi connectivity index (χ4n) is 2.42. The molecular formula is C17H31N9O7. The summed E-state index contributed by atoms with van der Waals surface area (Å²) < 4.78 is 0. The van der Waals surface area contributed by atoms with Gasteiger partial charge in [0.05, 0.1) is 19.0 Å². The minimum absolute atomic E-state index is 0.107. The average Bonchev–Trinajstić information content (AvgIpc) is 2.70. The van der Waals surface area contributed by atoms with Crippen LogP contribution in [0.1, 0.15) is 32.1 Å². The van der Waals surface area contributed by atoms with Crippen molar-refractivity contribution in [3.63, 3.8) is 0 Å². The fraction of sp³-hybridized carbons (Fsp3) is 0.588. The van der Waals surface area contributed by atoms with E-state index < -0.39 is 66.6 Å². The minimum atomic E-state index is -1.57. The molecule has 0 saturated heterocycles. The summed E-state index contributed by atoms with van der Waals surface area (Å²) in [6.07, 6.45) is -0.474. The number of hydrogen-bond donors (Lipinski definition) is 9. The minimum Gasteiger partial charge on any atom is -0.480 e. The summed E-state index contributed by atoms with van der Waals surface area (Å²) in [4.78, 5) is 73.4. The van der Waals surface area contributed by atoms with Gasteiger partial charge >= 0.3 is 5.97 Å². The first-order chi connectivity index (χ1) is 15.3. The van der Waals surface area contributed by atoms with Crippen molar-refractivity contribution in [1.29, 1.82) is 0 Å². The van der Waals surface area contributed by atoms with Crippen LogP contribution >= 0.6 is 0 Å². The SMILES string of the molecule is NC(=O)CCC(NC(=O)C(N)CCCN=C(N)N)C(=O)NCC(=O)NC(CC(N)=O)C(=O)O. The Labute approximate surface area is 189 Å². The molecule has 3 atom stereocenters. The normalized spacial score (nSPS) is 13.0. The maximum atomic E-state index is 12.4. The van der Waals surface area contributed by atoms with E-state index >= 15 is 0 Å². The van der Waals surface area contributed by atoms with Crippen LogP contribution in [-0.2, 0) is 28.8 Å². The van der Waals surface area contributed by atoms with E-state index in [1.807, 2.05) is 5.32 Å². The van der Waals surface area contributed by atoms with E-state index in [1.165, 1.54) is 0 Å². The number of nitrogens with two attached hydrogens (primary N) is 5. The topological polar surface area (TPSA) is 301 Å². The third-order valence-corrected chi connectivity index (χ3v) is 4.08. The molecule has 0 aliphatic rings. The highest BCUT2D eigenvalue weighted by Gasteiger charge is 2.26. The van der Waals surface area contributed by atoms with Crippen molar-refractivity contribution in [2.24, 2.45) is 33.7 Å². The van der Waals surface area contributed by atoms with Gasteiger partial charge in [0.1, 0.15) is 12.1 Å². The molecule has 3 unspecified atom stereocenters. The van der Waals surface area contributed by atoms with Crippen molar-refractivity contribution < 1.29 is 33.9 Å². The number of carbonyl (C=O) groups is 6. The molecule has 33 heavy (non-hydrogen) atoms. The Morgan fingerprint density at radius 3 is 2.00 bits per heavy atom. The van der Waals surface area contributed by atoms with Crippen LogP contribution < -0.4 is 44.6 Å². The maximum Gasteiger partial charge on any atom is 0.326 e. The van der Waals surface area contributed by atoms with Gasteiger partial charge in [-0.2, -0.15) is 0 Å². The predicted molar refractivity (Wildman–Crippen MR) is 115 cm³/mol. The number of aliphatic imine (C=N–C) groups is 1. The Hall–Kier alpha value is -3.95. The van der Waals surface area contributed by atoms with Gasteiger partial charge in [-0.3, -0.25) is 29.0 Å². The Balaban J connectivity index is 4.90. The van der Waals surface area contributed by atoms with Gasteiger partial charge in [-0.05, 0) is 19.3 Å². The molecule has 5 amide bonds. The molecular weight excluding hydrogens is 442 g/mol. The van der Waals surface area contributed by atoms with Gasteiger partial charge in [-0.1, -0.05) is 0 Å². The van der Waals surface area contributed by atoms with Crippen LogP contribution in [0.15, 0.2) is 4.99 Å². The van der Waals surface area contributed by atoms with E-state index in [4.69, 9.17) is 33.8 Å². The summed E-state index contributed by atoms with van der Waals surface area (Å²) in [6, 6.07) is -3.83. The lowest BCUT2D eigenvalue weighted by Gasteiger charge is -2.20. The monoisotopic (exact) mass is 473 g/mol. The molecule has 0 aliphatic heterocycles. The molecule has 0 aromatic rings. The van der Waals surface area contributed by atoms with E-state index in [2.05, 4.69) is 15.6 Å². The van der Waals surface area contributed by atoms with Crippen molar-refractivity contribution >= 4 is 41.5 Å². The number of carboxylic acid groups (broad SMARTS) is 1. The molecule has 0 aromatic heterocycles. The quantitative estimate of drug-likeness (QED) is 0.0582. The van der Waals surface area contributed by atoms with Gasteiger partial charge in [0.15, 0.2) is 5.96 Å². The van der Waals surface area contributed by atoms with Crippen molar-refractivity contribution in [3.8, 4) is 0 Å². The van der Waals surface area contributed by atoms with E-state index in [1.54, 1.807) is 0 Å². The molecule has 14 N–H and O–H groups in total. The summed E-state index contributed by atoms with van der Waals surface area (Å²) in [5.74, 6) is -5.73. The Morgan fingerprint density at radius 2 is 1.48 bits per heavy atom. The summed E-state index contributed by atoms with van der Waals surface area (Å²) in [6.45, 7) is -0.425. The molecule has 0 aliphatic carbocycles. The zero-order valence-electron chi connectivity index (χ0n) is 17.9. The standard InChI is InChI=1S/C17H31N9O7/c18-8(2-1-5-23-17(21)22)14(30)26-9(3-4-11(19)27)15(31)24-7-13(29)25-10(16(32)33)6-12(20)28/h8-10H,1-7,18H2,(H2,19,27)(H2,20,28)(H,24,31)(H,25,29)(H,26,30)(H,32,33)(H4,21,22,23). The maximum absolute atomic E-state index is 12.4. The van der Waals surface area contributed by atoms with Gasteiger partial charge < -0.3 is 49.7 Å². The lowest BCUT2D eigenvalue weighted by atomic mass is 10.1. The first kappa shape index (κ1) is 29.0. The highest BCUT2D eigenvalue weighted by molar-refractivity contribution is 5.93. The first-order valence-corrected chi connectivity index (χ1v) is 9.81. The van der Waals surface area contributed by atoms with E-state index in [0.29, 0.717) is 6.42 Å². The molecule has 16 heteroatoms. The number of hydrogen-bond acceptors (Lipinski definition) is 8. The van der Waals surface area contributed by atoms with Crippen LogP contribution in [0, 0.1) is 0 Å². The summed E-state index contributed by atoms with van der Waals surface area (Å²) in [7, 11) is 0. The summed E-state index contributed by atoms with van der Waals surface area (Å²) >= 11 is 0. The third-order valence-electron chi connectivity index (χ3n) is 4.08. The molecule has 16 nitrogen and oxygen atoms in total. The number of aliphatic carboxylic acids is 1. The predicted octanol–water partition coefficient (Wildman–Crippen LogP) is -5.32. The molecule has 0 rings (SSSR count). The van der Waals surface area contributed by atoms with Crippen LogP contribution in [0.5, 0.6) is 0 Å². The number of carboxylic acids is 1. The summed E-state index contributed by atoms with van der Waals surface area (Å²) in [5.41, 5.74) is 26.2. The molecule has 186 valence electrons. The summed E-state index contributed by atoms with van der Waals surface area (Å²) in [5, 5.41) is 15.6. The number of primary amides is 2. The average molecular weight is 473 g/mol. The smallest absolute Gasteiger partial charge is 0.326 e. The molecule has 0 aromatic carbocycles. The largest absolute Gasteiger partial charge is 0.480 e. The second-order valence-corrected chi connectivity index (χ2v) is 6.97. The number of amides is 5. The molecule has 0 saturated carbocycles. The second-order valence-electron chi connectivity index (χ2n) is 6.97. The van der Waals surface area contributed by atoms with Crippen molar-refractivity contribution in [1.82, 2.24) is 16.0 Å². The first-order valence-electron chi connectivity index (χ1n) is 9.81. The number of nitrogens with one attached hydrogen (secondary N) is 3. The zero-order valence-corrected chi connectivity index (χ0v) is 17.9. The zero-order chi connectivity index (χ0) is 25.6. The van der Waals surface area contributed by atoms with Crippen LogP contribution in [0.2, 0.25) is 0 Å². The van der Waals surface area contributed by atoms with Crippen LogP contribution in [0.3, 0.4) is 0 Å². The Bertz CT molecular complexity index is 768. The Morgan fingerprint density at radius 1 is 0.848 bits per heavy atom. The lowest BCUT2D eigenvalue weighted by molar-refractivity contribution is -0.143. The van der Waals surface area contributed by atoms with Crippen molar-refractivity contribution in [2.45, 2.75) is 50.2 Å². The number of carbonyl (C=O) groups excluding carboxylic acids is 5. The third kappa shape index (κ3) is 13.9. The van der Waals surface area contributed by atoms with Gasteiger partial charge in [0, 0.05) is 13.0 Å².